The van der Waals surface area contributed by atoms with E-state index in [1.807, 2.05) is 0 Å². The van der Waals surface area contributed by atoms with Crippen molar-refractivity contribution < 1.29 is 9.21 Å². The van der Waals surface area contributed by atoms with Crippen molar-refractivity contribution in [2.75, 3.05) is 24.5 Å². The first-order chi connectivity index (χ1) is 10.8. The van der Waals surface area contributed by atoms with E-state index in [0.717, 1.165) is 6.42 Å². The summed E-state index contributed by atoms with van der Waals surface area (Å²) in [6.07, 6.45) is 6.27. The Kier molecular flexibility index (Phi) is 4.78. The summed E-state index contributed by atoms with van der Waals surface area (Å²) in [6, 6.07) is 12.1. The van der Waals surface area contributed by atoms with Crippen LogP contribution in [-0.2, 0) is 6.42 Å². The highest BCUT2D eigenvalue weighted by Crippen LogP contribution is 2.20. The van der Waals surface area contributed by atoms with E-state index in [1.54, 1.807) is 12.1 Å². The summed E-state index contributed by atoms with van der Waals surface area (Å²) < 4.78 is 5.06. The Bertz CT molecular complexity index is 584. The zero-order valence-electron chi connectivity index (χ0n) is 12.8. The Balaban J connectivity index is 1.47. The molecule has 4 heteroatoms. The Morgan fingerprint density at radius 2 is 1.86 bits per heavy atom. The van der Waals surface area contributed by atoms with Crippen LogP contribution in [0.1, 0.15) is 35.4 Å². The normalized spacial score (nSPS) is 14.8. The van der Waals surface area contributed by atoms with Gasteiger partial charge in [-0.15, -0.1) is 0 Å². The third-order valence-electron chi connectivity index (χ3n) is 4.10. The fourth-order valence-corrected chi connectivity index (χ4v) is 2.84. The summed E-state index contributed by atoms with van der Waals surface area (Å²) in [7, 11) is 0. The van der Waals surface area contributed by atoms with Crippen LogP contribution in [0.5, 0.6) is 0 Å². The number of furan rings is 1. The van der Waals surface area contributed by atoms with Crippen LogP contribution in [0.3, 0.4) is 0 Å². The fourth-order valence-electron chi connectivity index (χ4n) is 2.84. The van der Waals surface area contributed by atoms with Gasteiger partial charge in [0.15, 0.2) is 5.76 Å². The first-order valence-electron chi connectivity index (χ1n) is 7.98. The average molecular weight is 298 g/mol. The highest BCUT2D eigenvalue weighted by Gasteiger charge is 2.10. The number of nitrogens with zero attached hydrogens (tertiary/aromatic N) is 1. The molecule has 1 fully saturated rings. The number of benzene rings is 1. The predicted molar refractivity (Wildman–Crippen MR) is 87.3 cm³/mol. The number of carbonyl (C=O) groups excluding carboxylic acids is 1. The maximum absolute atomic E-state index is 11.7. The molecule has 0 bridgehead atoms. The molecule has 1 aliphatic rings. The van der Waals surface area contributed by atoms with Crippen molar-refractivity contribution in [1.29, 1.82) is 0 Å². The highest BCUT2D eigenvalue weighted by atomic mass is 16.3. The van der Waals surface area contributed by atoms with Crippen molar-refractivity contribution in [3.63, 3.8) is 0 Å². The van der Waals surface area contributed by atoms with Gasteiger partial charge in [-0.25, -0.2) is 0 Å². The molecule has 2 heterocycles. The molecule has 0 saturated carbocycles. The van der Waals surface area contributed by atoms with Crippen LogP contribution in [0.4, 0.5) is 5.69 Å². The molecule has 2 aromatic rings. The summed E-state index contributed by atoms with van der Waals surface area (Å²) in [6.45, 7) is 2.94. The lowest BCUT2D eigenvalue weighted by atomic mass is 10.1. The van der Waals surface area contributed by atoms with Gasteiger partial charge in [-0.1, -0.05) is 12.1 Å². The van der Waals surface area contributed by atoms with Gasteiger partial charge in [0.05, 0.1) is 6.26 Å². The van der Waals surface area contributed by atoms with Crippen molar-refractivity contribution in [2.45, 2.75) is 25.7 Å². The van der Waals surface area contributed by atoms with Crippen molar-refractivity contribution in [2.24, 2.45) is 0 Å². The monoisotopic (exact) mass is 298 g/mol. The number of piperidine rings is 1. The summed E-state index contributed by atoms with van der Waals surface area (Å²) in [4.78, 5) is 14.2. The third kappa shape index (κ3) is 3.70. The lowest BCUT2D eigenvalue weighted by molar-refractivity contribution is 0.0926. The van der Waals surface area contributed by atoms with Gasteiger partial charge in [-0.3, -0.25) is 4.79 Å². The number of anilines is 1. The van der Waals surface area contributed by atoms with E-state index in [-0.39, 0.29) is 5.91 Å². The quantitative estimate of drug-likeness (QED) is 0.921. The molecular formula is C18H22N2O2. The Hall–Kier alpha value is -2.23. The third-order valence-corrected chi connectivity index (χ3v) is 4.10. The second-order valence-corrected chi connectivity index (χ2v) is 5.70. The van der Waals surface area contributed by atoms with Gasteiger partial charge in [0.2, 0.25) is 0 Å². The minimum absolute atomic E-state index is 0.157. The average Bonchev–Trinajstić information content (AvgIpc) is 3.11. The van der Waals surface area contributed by atoms with Crippen molar-refractivity contribution in [3.8, 4) is 0 Å². The summed E-state index contributed by atoms with van der Waals surface area (Å²) in [5.41, 5.74) is 2.54. The molecule has 1 amide bonds. The van der Waals surface area contributed by atoms with Crippen LogP contribution in [0.25, 0.3) is 0 Å². The first kappa shape index (κ1) is 14.7. The minimum atomic E-state index is -0.157. The number of hydrogen-bond donors (Lipinski definition) is 1. The van der Waals surface area contributed by atoms with Crippen LogP contribution in [0.15, 0.2) is 47.1 Å². The Labute approximate surface area is 131 Å². The van der Waals surface area contributed by atoms with E-state index in [0.29, 0.717) is 12.3 Å². The van der Waals surface area contributed by atoms with Gasteiger partial charge >= 0.3 is 0 Å². The lowest BCUT2D eigenvalue weighted by Crippen LogP contribution is -2.29. The smallest absolute Gasteiger partial charge is 0.286 e. The molecule has 0 radical (unpaired) electrons. The molecule has 0 spiro atoms. The number of rotatable bonds is 5. The fraction of sp³-hybridized carbons (Fsp3) is 0.389. The maximum atomic E-state index is 11.7. The van der Waals surface area contributed by atoms with Crippen molar-refractivity contribution >= 4 is 11.6 Å². The molecule has 4 nitrogen and oxygen atoms in total. The molecular weight excluding hydrogens is 276 g/mol. The summed E-state index contributed by atoms with van der Waals surface area (Å²) in [5.74, 6) is 0.204. The van der Waals surface area contributed by atoms with Gasteiger partial charge < -0.3 is 14.6 Å². The predicted octanol–water partition coefficient (Wildman–Crippen LogP) is 3.24. The number of amides is 1. The van der Waals surface area contributed by atoms with Gasteiger partial charge in [-0.2, -0.15) is 0 Å². The van der Waals surface area contributed by atoms with E-state index < -0.39 is 0 Å². The summed E-state index contributed by atoms with van der Waals surface area (Å²) >= 11 is 0. The van der Waals surface area contributed by atoms with E-state index in [1.165, 1.54) is 49.9 Å². The molecule has 1 saturated heterocycles. The van der Waals surface area contributed by atoms with Gasteiger partial charge in [0.25, 0.3) is 5.91 Å². The molecule has 3 rings (SSSR count). The molecule has 0 unspecified atom stereocenters. The Morgan fingerprint density at radius 1 is 1.09 bits per heavy atom. The lowest BCUT2D eigenvalue weighted by Gasteiger charge is -2.28. The molecule has 1 aliphatic heterocycles. The van der Waals surface area contributed by atoms with Gasteiger partial charge in [-0.05, 0) is 55.5 Å². The second kappa shape index (κ2) is 7.16. The van der Waals surface area contributed by atoms with Crippen LogP contribution < -0.4 is 10.2 Å². The van der Waals surface area contributed by atoms with E-state index >= 15 is 0 Å². The molecule has 1 aromatic carbocycles. The van der Waals surface area contributed by atoms with Crippen LogP contribution in [-0.4, -0.2) is 25.5 Å². The maximum Gasteiger partial charge on any atom is 0.286 e. The van der Waals surface area contributed by atoms with Crippen LogP contribution in [0.2, 0.25) is 0 Å². The molecule has 0 aliphatic carbocycles. The van der Waals surface area contributed by atoms with Gasteiger partial charge in [0, 0.05) is 25.3 Å². The van der Waals surface area contributed by atoms with Gasteiger partial charge in [0.1, 0.15) is 0 Å². The van der Waals surface area contributed by atoms with E-state index in [9.17, 15) is 4.79 Å². The molecule has 116 valence electrons. The highest BCUT2D eigenvalue weighted by molar-refractivity contribution is 5.91. The summed E-state index contributed by atoms with van der Waals surface area (Å²) in [5, 5.41) is 2.87. The molecule has 22 heavy (non-hydrogen) atoms. The molecule has 1 aromatic heterocycles. The van der Waals surface area contributed by atoms with Crippen molar-refractivity contribution in [1.82, 2.24) is 5.32 Å². The standard InChI is InChI=1S/C18H22N2O2/c21-18(17-5-4-14-22-17)19-11-10-15-6-8-16(9-7-15)20-12-2-1-3-13-20/h4-9,14H,1-3,10-13H2,(H,19,21). The topological polar surface area (TPSA) is 45.5 Å². The largest absolute Gasteiger partial charge is 0.459 e. The zero-order valence-corrected chi connectivity index (χ0v) is 12.8. The molecule has 0 atom stereocenters. The number of nitrogens with one attached hydrogen (secondary N) is 1. The van der Waals surface area contributed by atoms with Crippen LogP contribution >= 0.6 is 0 Å². The van der Waals surface area contributed by atoms with E-state index in [4.69, 9.17) is 4.42 Å². The minimum Gasteiger partial charge on any atom is -0.459 e. The Morgan fingerprint density at radius 3 is 2.55 bits per heavy atom. The van der Waals surface area contributed by atoms with E-state index in [2.05, 4.69) is 34.5 Å². The SMILES string of the molecule is O=C(NCCc1ccc(N2CCCCC2)cc1)c1ccco1. The number of carbonyl (C=O) groups is 1. The van der Waals surface area contributed by atoms with Crippen LogP contribution in [0, 0.1) is 0 Å². The first-order valence-corrected chi connectivity index (χ1v) is 7.98. The number of hydrogen-bond acceptors (Lipinski definition) is 3. The molecule has 1 N–H and O–H groups in total. The second-order valence-electron chi connectivity index (χ2n) is 5.70. The van der Waals surface area contributed by atoms with Crippen molar-refractivity contribution in [3.05, 3.63) is 54.0 Å². The zero-order chi connectivity index (χ0) is 15.2.